The van der Waals surface area contributed by atoms with Gasteiger partial charge in [0.1, 0.15) is 0 Å². The summed E-state index contributed by atoms with van der Waals surface area (Å²) in [6.07, 6.45) is 2.74. The third-order valence-corrected chi connectivity index (χ3v) is 4.22. The minimum absolute atomic E-state index is 0.0374. The minimum atomic E-state index is -0.743. The highest BCUT2D eigenvalue weighted by molar-refractivity contribution is 5.68. The van der Waals surface area contributed by atoms with Crippen molar-refractivity contribution >= 4 is 5.97 Å². The number of morpholine rings is 1. The van der Waals surface area contributed by atoms with Gasteiger partial charge in [-0.3, -0.25) is 9.69 Å². The molecule has 1 unspecified atom stereocenters. The van der Waals surface area contributed by atoms with Crippen LogP contribution >= 0.6 is 0 Å². The SMILES string of the molecule is O=C(O)CC(c1ccc(C2CC2)cc1)N1CCOCC1. The summed E-state index contributed by atoms with van der Waals surface area (Å²) >= 11 is 0. The van der Waals surface area contributed by atoms with Gasteiger partial charge >= 0.3 is 5.97 Å². The molecule has 1 saturated carbocycles. The summed E-state index contributed by atoms with van der Waals surface area (Å²) in [4.78, 5) is 13.4. The fraction of sp³-hybridized carbons (Fsp3) is 0.562. The number of ether oxygens (including phenoxy) is 1. The van der Waals surface area contributed by atoms with Crippen molar-refractivity contribution in [3.63, 3.8) is 0 Å². The Labute approximate surface area is 119 Å². The normalized spacial score (nSPS) is 21.6. The number of rotatable bonds is 5. The first-order valence-corrected chi connectivity index (χ1v) is 7.37. The Morgan fingerprint density at radius 3 is 2.45 bits per heavy atom. The van der Waals surface area contributed by atoms with Crippen LogP contribution < -0.4 is 0 Å². The molecule has 1 aliphatic heterocycles. The van der Waals surface area contributed by atoms with Crippen LogP contribution in [0.5, 0.6) is 0 Å². The smallest absolute Gasteiger partial charge is 0.305 e. The lowest BCUT2D eigenvalue weighted by atomic mass is 9.99. The molecule has 1 atom stereocenters. The lowest BCUT2D eigenvalue weighted by Crippen LogP contribution is -2.39. The molecule has 0 radical (unpaired) electrons. The van der Waals surface area contributed by atoms with Crippen molar-refractivity contribution < 1.29 is 14.6 Å². The van der Waals surface area contributed by atoms with Gasteiger partial charge in [0.15, 0.2) is 0 Å². The molecule has 0 spiro atoms. The maximum Gasteiger partial charge on any atom is 0.305 e. The number of carbonyl (C=O) groups is 1. The van der Waals surface area contributed by atoms with Crippen molar-refractivity contribution in [2.24, 2.45) is 0 Å². The monoisotopic (exact) mass is 275 g/mol. The highest BCUT2D eigenvalue weighted by Gasteiger charge is 2.26. The van der Waals surface area contributed by atoms with E-state index in [1.807, 2.05) is 0 Å². The predicted molar refractivity (Wildman–Crippen MR) is 75.8 cm³/mol. The van der Waals surface area contributed by atoms with E-state index in [-0.39, 0.29) is 12.5 Å². The van der Waals surface area contributed by atoms with Crippen LogP contribution in [-0.4, -0.2) is 42.3 Å². The molecule has 20 heavy (non-hydrogen) atoms. The minimum Gasteiger partial charge on any atom is -0.481 e. The molecule has 4 heteroatoms. The highest BCUT2D eigenvalue weighted by Crippen LogP contribution is 2.40. The molecule has 1 aromatic carbocycles. The van der Waals surface area contributed by atoms with Gasteiger partial charge in [0.25, 0.3) is 0 Å². The molecular formula is C16H21NO3. The quantitative estimate of drug-likeness (QED) is 0.896. The second-order valence-electron chi connectivity index (χ2n) is 5.70. The van der Waals surface area contributed by atoms with E-state index in [0.29, 0.717) is 13.2 Å². The zero-order valence-corrected chi connectivity index (χ0v) is 11.6. The first-order chi connectivity index (χ1) is 9.74. The van der Waals surface area contributed by atoms with E-state index in [2.05, 4.69) is 29.2 Å². The highest BCUT2D eigenvalue weighted by atomic mass is 16.5. The van der Waals surface area contributed by atoms with Gasteiger partial charge in [-0.15, -0.1) is 0 Å². The standard InChI is InChI=1S/C16H21NO3/c18-16(19)11-15(17-7-9-20-10-8-17)14-5-3-13(4-6-14)12-1-2-12/h3-6,12,15H,1-2,7-11H2,(H,18,19). The van der Waals surface area contributed by atoms with Crippen LogP contribution in [0.3, 0.4) is 0 Å². The predicted octanol–water partition coefficient (Wildman–Crippen LogP) is 2.41. The van der Waals surface area contributed by atoms with Crippen molar-refractivity contribution in [1.29, 1.82) is 0 Å². The average Bonchev–Trinajstić information content (AvgIpc) is 3.30. The summed E-state index contributed by atoms with van der Waals surface area (Å²) < 4.78 is 5.36. The molecular weight excluding hydrogens is 254 g/mol. The molecule has 108 valence electrons. The molecule has 1 saturated heterocycles. The van der Waals surface area contributed by atoms with Crippen molar-refractivity contribution in [3.8, 4) is 0 Å². The van der Waals surface area contributed by atoms with Gasteiger partial charge in [-0.2, -0.15) is 0 Å². The fourth-order valence-electron chi connectivity index (χ4n) is 2.92. The van der Waals surface area contributed by atoms with E-state index in [4.69, 9.17) is 4.74 Å². The third-order valence-electron chi connectivity index (χ3n) is 4.22. The molecule has 2 aliphatic rings. The maximum atomic E-state index is 11.2. The third kappa shape index (κ3) is 3.19. The number of carboxylic acid groups (broad SMARTS) is 1. The number of nitrogens with zero attached hydrogens (tertiary/aromatic N) is 1. The largest absolute Gasteiger partial charge is 0.481 e. The molecule has 1 heterocycles. The second-order valence-corrected chi connectivity index (χ2v) is 5.70. The summed E-state index contributed by atoms with van der Waals surface area (Å²) in [6, 6.07) is 8.52. The van der Waals surface area contributed by atoms with Gasteiger partial charge < -0.3 is 9.84 Å². The fourth-order valence-corrected chi connectivity index (χ4v) is 2.92. The number of hydrogen-bond acceptors (Lipinski definition) is 3. The van der Waals surface area contributed by atoms with Crippen LogP contribution in [0.25, 0.3) is 0 Å². The maximum absolute atomic E-state index is 11.2. The number of benzene rings is 1. The Kier molecular flexibility index (Phi) is 4.03. The van der Waals surface area contributed by atoms with Gasteiger partial charge in [0.2, 0.25) is 0 Å². The first-order valence-electron chi connectivity index (χ1n) is 7.37. The van der Waals surface area contributed by atoms with Crippen LogP contribution in [0, 0.1) is 0 Å². The summed E-state index contributed by atoms with van der Waals surface area (Å²) in [5.41, 5.74) is 2.50. The number of hydrogen-bond donors (Lipinski definition) is 1. The summed E-state index contributed by atoms with van der Waals surface area (Å²) in [6.45, 7) is 3.00. The van der Waals surface area contributed by atoms with Gasteiger partial charge in [-0.25, -0.2) is 0 Å². The van der Waals surface area contributed by atoms with E-state index in [9.17, 15) is 9.90 Å². The zero-order valence-electron chi connectivity index (χ0n) is 11.6. The van der Waals surface area contributed by atoms with Crippen LogP contribution in [-0.2, 0) is 9.53 Å². The number of carboxylic acids is 1. The van der Waals surface area contributed by atoms with Gasteiger partial charge in [0.05, 0.1) is 19.6 Å². The average molecular weight is 275 g/mol. The molecule has 4 nitrogen and oxygen atoms in total. The molecule has 1 aromatic rings. The van der Waals surface area contributed by atoms with Crippen molar-refractivity contribution in [2.45, 2.75) is 31.2 Å². The lowest BCUT2D eigenvalue weighted by Gasteiger charge is -2.34. The van der Waals surface area contributed by atoms with Gasteiger partial charge in [0, 0.05) is 19.1 Å². The molecule has 3 rings (SSSR count). The molecule has 0 bridgehead atoms. The van der Waals surface area contributed by atoms with Gasteiger partial charge in [-0.05, 0) is 29.9 Å². The summed E-state index contributed by atoms with van der Waals surface area (Å²) in [5.74, 6) is -0.00174. The van der Waals surface area contributed by atoms with Crippen molar-refractivity contribution in [1.82, 2.24) is 4.90 Å². The molecule has 0 aromatic heterocycles. The Morgan fingerprint density at radius 1 is 1.25 bits per heavy atom. The van der Waals surface area contributed by atoms with E-state index >= 15 is 0 Å². The Hall–Kier alpha value is -1.39. The second kappa shape index (κ2) is 5.94. The van der Waals surface area contributed by atoms with Crippen LogP contribution in [0.1, 0.15) is 42.3 Å². The molecule has 0 amide bonds. The van der Waals surface area contributed by atoms with E-state index < -0.39 is 5.97 Å². The molecule has 1 aliphatic carbocycles. The Morgan fingerprint density at radius 2 is 1.90 bits per heavy atom. The van der Waals surface area contributed by atoms with Crippen LogP contribution in [0.15, 0.2) is 24.3 Å². The molecule has 1 N–H and O–H groups in total. The topological polar surface area (TPSA) is 49.8 Å². The Balaban J connectivity index is 1.77. The van der Waals surface area contributed by atoms with Crippen LogP contribution in [0.2, 0.25) is 0 Å². The van der Waals surface area contributed by atoms with Crippen LogP contribution in [0.4, 0.5) is 0 Å². The zero-order chi connectivity index (χ0) is 13.9. The summed E-state index contributed by atoms with van der Waals surface area (Å²) in [5, 5.41) is 9.17. The van der Waals surface area contributed by atoms with Crippen molar-refractivity contribution in [2.75, 3.05) is 26.3 Å². The molecule has 2 fully saturated rings. The summed E-state index contributed by atoms with van der Waals surface area (Å²) in [7, 11) is 0. The lowest BCUT2D eigenvalue weighted by molar-refractivity contribution is -0.139. The first kappa shape index (κ1) is 13.6. The van der Waals surface area contributed by atoms with Gasteiger partial charge in [-0.1, -0.05) is 24.3 Å². The Bertz CT molecular complexity index is 461. The van der Waals surface area contributed by atoms with E-state index in [1.54, 1.807) is 0 Å². The van der Waals surface area contributed by atoms with E-state index in [0.717, 1.165) is 24.6 Å². The van der Waals surface area contributed by atoms with E-state index in [1.165, 1.54) is 18.4 Å². The number of aliphatic carboxylic acids is 1. The van der Waals surface area contributed by atoms with Crippen molar-refractivity contribution in [3.05, 3.63) is 35.4 Å².